The van der Waals surface area contributed by atoms with Crippen LogP contribution < -0.4 is 19.5 Å². The highest BCUT2D eigenvalue weighted by Crippen LogP contribution is 2.40. The van der Waals surface area contributed by atoms with E-state index in [1.54, 1.807) is 30.6 Å². The smallest absolute Gasteiger partial charge is 0.246 e. The Kier molecular flexibility index (Phi) is 6.19. The number of pyridine rings is 1. The number of rotatable bonds is 7. The number of amides is 1. The molecule has 1 aromatic heterocycles. The van der Waals surface area contributed by atoms with Gasteiger partial charge in [-0.05, 0) is 25.7 Å². The fourth-order valence-corrected chi connectivity index (χ4v) is 2.59. The number of likely N-dealkylation sites (N-methyl/N-ethyl adjacent to an activating group) is 1. The van der Waals surface area contributed by atoms with Crippen molar-refractivity contribution in [2.75, 3.05) is 40.7 Å². The average molecular weight is 345 g/mol. The number of carbonyl (C=O) groups excluding carboxylic acids is 1. The van der Waals surface area contributed by atoms with Crippen LogP contribution in [-0.4, -0.2) is 51.2 Å². The van der Waals surface area contributed by atoms with E-state index in [1.165, 1.54) is 21.3 Å². The van der Waals surface area contributed by atoms with Gasteiger partial charge >= 0.3 is 0 Å². The van der Waals surface area contributed by atoms with Crippen LogP contribution in [0, 0.1) is 0 Å². The van der Waals surface area contributed by atoms with E-state index in [1.807, 2.05) is 25.1 Å². The highest BCUT2D eigenvalue weighted by atomic mass is 16.5. The Morgan fingerprint density at radius 2 is 1.76 bits per heavy atom. The van der Waals surface area contributed by atoms with Gasteiger partial charge in [0.15, 0.2) is 11.5 Å². The third kappa shape index (κ3) is 4.19. The van der Waals surface area contributed by atoms with Crippen LogP contribution in [0.4, 0.5) is 5.69 Å². The first-order chi connectivity index (χ1) is 12.0. The number of methoxy groups -OCH3 is 3. The molecule has 2 rings (SSSR count). The summed E-state index contributed by atoms with van der Waals surface area (Å²) in [4.78, 5) is 18.7. The van der Waals surface area contributed by atoms with Crippen LogP contribution in [-0.2, 0) is 4.79 Å². The lowest BCUT2D eigenvalue weighted by atomic mass is 10.1. The Bertz CT molecular complexity index is 695. The van der Waals surface area contributed by atoms with Crippen LogP contribution in [0.1, 0.15) is 11.6 Å². The van der Waals surface area contributed by atoms with Gasteiger partial charge in [0.1, 0.15) is 6.04 Å². The lowest BCUT2D eigenvalue weighted by Crippen LogP contribution is -2.32. The molecule has 7 nitrogen and oxygen atoms in total. The largest absolute Gasteiger partial charge is 0.493 e. The summed E-state index contributed by atoms with van der Waals surface area (Å²) in [5.74, 6) is 1.23. The van der Waals surface area contributed by atoms with Gasteiger partial charge in [-0.15, -0.1) is 0 Å². The molecule has 1 heterocycles. The molecule has 0 aliphatic rings. The normalized spacial score (nSPS) is 11.8. The van der Waals surface area contributed by atoms with Crippen LogP contribution >= 0.6 is 0 Å². The van der Waals surface area contributed by atoms with Crippen molar-refractivity contribution in [1.82, 2.24) is 9.88 Å². The van der Waals surface area contributed by atoms with Crippen LogP contribution in [0.2, 0.25) is 0 Å². The summed E-state index contributed by atoms with van der Waals surface area (Å²) in [6.07, 6.45) is 3.35. The fraction of sp³-hybridized carbons (Fsp3) is 0.333. The first-order valence-corrected chi connectivity index (χ1v) is 7.69. The molecule has 1 unspecified atom stereocenters. The average Bonchev–Trinajstić information content (AvgIpc) is 2.61. The quantitative estimate of drug-likeness (QED) is 0.830. The number of hydrogen-bond donors (Lipinski definition) is 1. The molecular weight excluding hydrogens is 322 g/mol. The topological polar surface area (TPSA) is 72.9 Å². The van der Waals surface area contributed by atoms with E-state index in [-0.39, 0.29) is 5.91 Å². The van der Waals surface area contributed by atoms with E-state index in [0.29, 0.717) is 22.9 Å². The molecule has 0 fully saturated rings. The first kappa shape index (κ1) is 18.5. The summed E-state index contributed by atoms with van der Waals surface area (Å²) in [6, 6.07) is 6.57. The minimum Gasteiger partial charge on any atom is -0.493 e. The van der Waals surface area contributed by atoms with Crippen molar-refractivity contribution in [3.8, 4) is 17.2 Å². The van der Waals surface area contributed by atoms with Gasteiger partial charge < -0.3 is 19.5 Å². The number of aromatic nitrogens is 1. The van der Waals surface area contributed by atoms with Gasteiger partial charge in [-0.25, -0.2) is 0 Å². The van der Waals surface area contributed by atoms with E-state index >= 15 is 0 Å². The van der Waals surface area contributed by atoms with E-state index in [0.717, 1.165) is 5.56 Å². The molecule has 0 saturated carbocycles. The van der Waals surface area contributed by atoms with Crippen molar-refractivity contribution in [2.24, 2.45) is 0 Å². The van der Waals surface area contributed by atoms with Gasteiger partial charge in [0.05, 0.1) is 21.3 Å². The molecule has 7 heteroatoms. The first-order valence-electron chi connectivity index (χ1n) is 7.69. The summed E-state index contributed by atoms with van der Waals surface area (Å²) in [7, 11) is 8.27. The third-order valence-electron chi connectivity index (χ3n) is 3.70. The Balaban J connectivity index is 2.32. The lowest BCUT2D eigenvalue weighted by molar-refractivity contribution is -0.120. The van der Waals surface area contributed by atoms with E-state index < -0.39 is 6.04 Å². The number of anilines is 1. The summed E-state index contributed by atoms with van der Waals surface area (Å²) < 4.78 is 15.9. The Labute approximate surface area is 147 Å². The van der Waals surface area contributed by atoms with E-state index in [9.17, 15) is 4.79 Å². The van der Waals surface area contributed by atoms with Crippen LogP contribution in [0.3, 0.4) is 0 Å². The molecule has 0 aliphatic carbocycles. The maximum Gasteiger partial charge on any atom is 0.246 e. The molecule has 0 spiro atoms. The Morgan fingerprint density at radius 3 is 2.20 bits per heavy atom. The maximum absolute atomic E-state index is 12.8. The van der Waals surface area contributed by atoms with Gasteiger partial charge in [-0.3, -0.25) is 14.7 Å². The van der Waals surface area contributed by atoms with Crippen LogP contribution in [0.15, 0.2) is 36.7 Å². The van der Waals surface area contributed by atoms with Crippen molar-refractivity contribution >= 4 is 11.6 Å². The standard InChI is InChI=1S/C18H23N3O4/c1-21(2)16(12-7-6-8-19-11-12)18(22)20-13-9-14(23-3)17(25-5)15(10-13)24-4/h6-11,16H,1-5H3,(H,20,22). The molecular formula is C18H23N3O4. The number of nitrogens with one attached hydrogen (secondary N) is 1. The second-order valence-corrected chi connectivity index (χ2v) is 5.56. The molecule has 0 radical (unpaired) electrons. The van der Waals surface area contributed by atoms with Crippen LogP contribution in [0.25, 0.3) is 0 Å². The minimum absolute atomic E-state index is 0.188. The molecule has 0 saturated heterocycles. The Hall–Kier alpha value is -2.80. The summed E-state index contributed by atoms with van der Waals surface area (Å²) in [5.41, 5.74) is 1.35. The second-order valence-electron chi connectivity index (χ2n) is 5.56. The molecule has 1 N–H and O–H groups in total. The molecule has 0 aliphatic heterocycles. The summed E-state index contributed by atoms with van der Waals surface area (Å²) in [6.45, 7) is 0. The molecule has 1 aromatic carbocycles. The molecule has 1 atom stereocenters. The number of nitrogens with zero attached hydrogens (tertiary/aromatic N) is 2. The highest BCUT2D eigenvalue weighted by Gasteiger charge is 2.24. The molecule has 2 aromatic rings. The van der Waals surface area contributed by atoms with Gasteiger partial charge in [0.25, 0.3) is 0 Å². The van der Waals surface area contributed by atoms with Crippen molar-refractivity contribution in [2.45, 2.75) is 6.04 Å². The summed E-state index contributed by atoms with van der Waals surface area (Å²) >= 11 is 0. The minimum atomic E-state index is -0.479. The fourth-order valence-electron chi connectivity index (χ4n) is 2.59. The van der Waals surface area contributed by atoms with Gasteiger partial charge in [-0.2, -0.15) is 0 Å². The van der Waals surface area contributed by atoms with Crippen LogP contribution in [0.5, 0.6) is 17.2 Å². The number of benzene rings is 1. The highest BCUT2D eigenvalue weighted by molar-refractivity contribution is 5.96. The SMILES string of the molecule is COc1cc(NC(=O)C(c2cccnc2)N(C)C)cc(OC)c1OC. The van der Waals surface area contributed by atoms with Crippen molar-refractivity contribution < 1.29 is 19.0 Å². The third-order valence-corrected chi connectivity index (χ3v) is 3.70. The number of ether oxygens (including phenoxy) is 3. The number of hydrogen-bond acceptors (Lipinski definition) is 6. The second kappa shape index (κ2) is 8.34. The monoisotopic (exact) mass is 345 g/mol. The maximum atomic E-state index is 12.8. The molecule has 134 valence electrons. The predicted octanol–water partition coefficient (Wildman–Crippen LogP) is 2.35. The van der Waals surface area contributed by atoms with Crippen molar-refractivity contribution in [3.63, 3.8) is 0 Å². The van der Waals surface area contributed by atoms with Crippen molar-refractivity contribution in [3.05, 3.63) is 42.2 Å². The summed E-state index contributed by atoms with van der Waals surface area (Å²) in [5, 5.41) is 2.90. The van der Waals surface area contributed by atoms with E-state index in [2.05, 4.69) is 10.3 Å². The zero-order valence-electron chi connectivity index (χ0n) is 15.1. The van der Waals surface area contributed by atoms with Gasteiger partial charge in [0, 0.05) is 30.2 Å². The molecule has 0 bridgehead atoms. The van der Waals surface area contributed by atoms with Gasteiger partial charge in [0.2, 0.25) is 11.7 Å². The Morgan fingerprint density at radius 1 is 1.12 bits per heavy atom. The van der Waals surface area contributed by atoms with Gasteiger partial charge in [-0.1, -0.05) is 6.07 Å². The lowest BCUT2D eigenvalue weighted by Gasteiger charge is -2.24. The number of carbonyl (C=O) groups is 1. The molecule has 25 heavy (non-hydrogen) atoms. The zero-order valence-corrected chi connectivity index (χ0v) is 15.1. The van der Waals surface area contributed by atoms with E-state index in [4.69, 9.17) is 14.2 Å². The predicted molar refractivity (Wildman–Crippen MR) is 95.4 cm³/mol. The van der Waals surface area contributed by atoms with Crippen molar-refractivity contribution in [1.29, 1.82) is 0 Å². The molecule has 1 amide bonds. The zero-order chi connectivity index (χ0) is 18.4.